The van der Waals surface area contributed by atoms with Crippen molar-refractivity contribution in [2.75, 3.05) is 11.3 Å². The second-order valence-electron chi connectivity index (χ2n) is 5.52. The van der Waals surface area contributed by atoms with Crippen LogP contribution in [0.4, 0.5) is 23.2 Å². The first-order valence-corrected chi connectivity index (χ1v) is 8.75. The Kier molecular flexibility index (Phi) is 3.92. The third kappa shape index (κ3) is 3.14. The number of ether oxygens (including phenoxy) is 1. The Hall–Kier alpha value is -2.33. The van der Waals surface area contributed by atoms with Crippen molar-refractivity contribution in [1.82, 2.24) is 0 Å². The molecular formula is C15H11F4NO4S. The second kappa shape index (κ2) is 5.60. The molecule has 0 radical (unpaired) electrons. The van der Waals surface area contributed by atoms with Crippen molar-refractivity contribution in [1.29, 1.82) is 0 Å². The predicted molar refractivity (Wildman–Crippen MR) is 78.9 cm³/mol. The molecule has 10 heteroatoms. The Bertz CT molecular complexity index is 942. The molecule has 134 valence electrons. The lowest BCUT2D eigenvalue weighted by Gasteiger charge is -2.20. The first kappa shape index (κ1) is 17.5. The highest BCUT2D eigenvalue weighted by atomic mass is 32.2. The molecule has 0 amide bonds. The number of fused-ring (bicyclic) bond motifs is 1. The monoisotopic (exact) mass is 377 g/mol. The fourth-order valence-corrected chi connectivity index (χ4v) is 3.44. The molecule has 1 aliphatic heterocycles. The van der Waals surface area contributed by atoms with E-state index in [4.69, 9.17) is 4.74 Å². The van der Waals surface area contributed by atoms with Crippen LogP contribution in [0.1, 0.15) is 5.56 Å². The van der Waals surface area contributed by atoms with E-state index in [2.05, 4.69) is 0 Å². The number of hydrogen-bond acceptors (Lipinski definition) is 5. The molecule has 25 heavy (non-hydrogen) atoms. The molecule has 3 rings (SSSR count). The minimum absolute atomic E-state index is 0.247. The molecule has 2 aromatic carbocycles. The average molecular weight is 377 g/mol. The maximum absolute atomic E-state index is 13.9. The summed E-state index contributed by atoms with van der Waals surface area (Å²) in [6, 6.07) is 0.590. The molecule has 0 aliphatic carbocycles. The van der Waals surface area contributed by atoms with Gasteiger partial charge in [0.1, 0.15) is 23.1 Å². The van der Waals surface area contributed by atoms with Crippen molar-refractivity contribution in [2.45, 2.75) is 17.4 Å². The number of alkyl halides is 2. The van der Waals surface area contributed by atoms with Gasteiger partial charge in [-0.1, -0.05) is 0 Å². The van der Waals surface area contributed by atoms with E-state index in [-0.39, 0.29) is 17.1 Å². The van der Waals surface area contributed by atoms with Crippen LogP contribution in [0.15, 0.2) is 35.2 Å². The minimum Gasteiger partial charge on any atom is -0.457 e. The Morgan fingerprint density at radius 2 is 1.76 bits per heavy atom. The van der Waals surface area contributed by atoms with Gasteiger partial charge in [0.25, 0.3) is 0 Å². The van der Waals surface area contributed by atoms with Crippen LogP contribution >= 0.6 is 0 Å². The molecule has 0 aromatic heterocycles. The van der Waals surface area contributed by atoms with Gasteiger partial charge in [-0.15, -0.1) is 0 Å². The highest BCUT2D eigenvalue weighted by Gasteiger charge is 2.48. The molecule has 2 aromatic rings. The van der Waals surface area contributed by atoms with E-state index in [1.165, 1.54) is 0 Å². The summed E-state index contributed by atoms with van der Waals surface area (Å²) < 4.78 is 83.0. The maximum atomic E-state index is 13.9. The van der Waals surface area contributed by atoms with E-state index in [0.717, 1.165) is 30.5 Å². The zero-order valence-electron chi connectivity index (χ0n) is 12.6. The summed E-state index contributed by atoms with van der Waals surface area (Å²) in [4.78, 5) is -0.514. The standard InChI is InChI=1S/C15H11F4NO4S/c1-25(22,23)13-3-2-12(11-7-15(18,19)20(21)14(11)13)24-10-5-8(16)4-9(17)6-10/h2-6,21H,7H2,1H3. The van der Waals surface area contributed by atoms with Crippen LogP contribution in [-0.2, 0) is 16.3 Å². The quantitative estimate of drug-likeness (QED) is 0.655. The van der Waals surface area contributed by atoms with Gasteiger partial charge in [-0.2, -0.15) is 13.8 Å². The molecule has 1 N–H and O–H groups in total. The van der Waals surface area contributed by atoms with E-state index >= 15 is 0 Å². The highest BCUT2D eigenvalue weighted by Crippen LogP contribution is 2.48. The van der Waals surface area contributed by atoms with Gasteiger partial charge in [0.2, 0.25) is 0 Å². The first-order valence-electron chi connectivity index (χ1n) is 6.86. The number of anilines is 1. The lowest BCUT2D eigenvalue weighted by atomic mass is 10.1. The lowest BCUT2D eigenvalue weighted by Crippen LogP contribution is -2.36. The second-order valence-corrected chi connectivity index (χ2v) is 7.51. The summed E-state index contributed by atoms with van der Waals surface area (Å²) in [5.74, 6) is -2.42. The molecule has 5 nitrogen and oxygen atoms in total. The predicted octanol–water partition coefficient (Wildman–Crippen LogP) is 3.51. The van der Waals surface area contributed by atoms with Crippen LogP contribution < -0.4 is 9.80 Å². The largest absolute Gasteiger partial charge is 0.457 e. The van der Waals surface area contributed by atoms with Gasteiger partial charge in [0.05, 0.1) is 17.0 Å². The molecular weight excluding hydrogens is 366 g/mol. The van der Waals surface area contributed by atoms with Crippen LogP contribution in [0.3, 0.4) is 0 Å². The van der Waals surface area contributed by atoms with Crippen LogP contribution in [0.25, 0.3) is 0 Å². The number of sulfone groups is 1. The van der Waals surface area contributed by atoms with Crippen LogP contribution in [-0.4, -0.2) is 25.9 Å². The summed E-state index contributed by atoms with van der Waals surface area (Å²) in [6.45, 7) is 0. The zero-order valence-corrected chi connectivity index (χ0v) is 13.4. The number of benzene rings is 2. The maximum Gasteiger partial charge on any atom is 0.351 e. The van der Waals surface area contributed by atoms with Crippen LogP contribution in [0, 0.1) is 11.6 Å². The van der Waals surface area contributed by atoms with E-state index in [1.54, 1.807) is 0 Å². The summed E-state index contributed by atoms with van der Waals surface area (Å²) in [6.07, 6.45) is -0.231. The molecule has 1 aliphatic rings. The minimum atomic E-state index is -3.92. The zero-order chi connectivity index (χ0) is 18.6. The van der Waals surface area contributed by atoms with Gasteiger partial charge in [-0.25, -0.2) is 17.2 Å². The van der Waals surface area contributed by atoms with Crippen molar-refractivity contribution in [2.24, 2.45) is 0 Å². The summed E-state index contributed by atoms with van der Waals surface area (Å²) in [7, 11) is -3.92. The van der Waals surface area contributed by atoms with Gasteiger partial charge in [0.15, 0.2) is 9.84 Å². The Labute approximate surface area is 139 Å². The van der Waals surface area contributed by atoms with Gasteiger partial charge < -0.3 is 4.74 Å². The topological polar surface area (TPSA) is 66.8 Å². The van der Waals surface area contributed by atoms with E-state index in [1.807, 2.05) is 0 Å². The third-order valence-electron chi connectivity index (χ3n) is 3.58. The number of rotatable bonds is 3. The molecule has 0 spiro atoms. The Morgan fingerprint density at radius 3 is 2.32 bits per heavy atom. The van der Waals surface area contributed by atoms with Gasteiger partial charge >= 0.3 is 6.05 Å². The molecule has 0 saturated carbocycles. The van der Waals surface area contributed by atoms with Gasteiger partial charge in [0, 0.05) is 30.0 Å². The van der Waals surface area contributed by atoms with Crippen LogP contribution in [0.2, 0.25) is 0 Å². The molecule has 0 atom stereocenters. The van der Waals surface area contributed by atoms with E-state index in [0.29, 0.717) is 6.07 Å². The number of nitrogens with zero attached hydrogens (tertiary/aromatic N) is 1. The smallest absolute Gasteiger partial charge is 0.351 e. The van der Waals surface area contributed by atoms with Crippen molar-refractivity contribution in [3.8, 4) is 11.5 Å². The van der Waals surface area contributed by atoms with E-state index < -0.39 is 49.6 Å². The van der Waals surface area contributed by atoms with Crippen molar-refractivity contribution in [3.05, 3.63) is 47.5 Å². The molecule has 0 bridgehead atoms. The number of hydroxylamine groups is 1. The molecule has 0 saturated heterocycles. The van der Waals surface area contributed by atoms with Crippen molar-refractivity contribution in [3.63, 3.8) is 0 Å². The number of hydrogen-bond donors (Lipinski definition) is 1. The van der Waals surface area contributed by atoms with Crippen molar-refractivity contribution < 1.29 is 35.9 Å². The third-order valence-corrected chi connectivity index (χ3v) is 4.71. The normalized spacial score (nSPS) is 16.0. The van der Waals surface area contributed by atoms with Crippen LogP contribution in [0.5, 0.6) is 11.5 Å². The highest BCUT2D eigenvalue weighted by molar-refractivity contribution is 7.90. The summed E-state index contributed by atoms with van der Waals surface area (Å²) >= 11 is 0. The molecule has 1 heterocycles. The summed E-state index contributed by atoms with van der Waals surface area (Å²) in [5.41, 5.74) is -0.915. The Morgan fingerprint density at radius 1 is 1.16 bits per heavy atom. The fraction of sp³-hybridized carbons (Fsp3) is 0.200. The van der Waals surface area contributed by atoms with Crippen molar-refractivity contribution >= 4 is 15.5 Å². The van der Waals surface area contributed by atoms with Gasteiger partial charge in [-0.05, 0) is 12.1 Å². The molecule has 0 unspecified atom stereocenters. The average Bonchev–Trinajstić information content (AvgIpc) is 2.68. The molecule has 0 fully saturated rings. The van der Waals surface area contributed by atoms with Gasteiger partial charge in [-0.3, -0.25) is 5.21 Å². The van der Waals surface area contributed by atoms with E-state index in [9.17, 15) is 31.2 Å². The number of halogens is 4. The Balaban J connectivity index is 2.15. The lowest BCUT2D eigenvalue weighted by molar-refractivity contribution is -0.0614. The fourth-order valence-electron chi connectivity index (χ4n) is 2.56. The SMILES string of the molecule is CS(=O)(=O)c1ccc(Oc2cc(F)cc(F)c2)c2c1N(O)C(F)(F)C2. The first-order chi connectivity index (χ1) is 11.5. The summed E-state index contributed by atoms with van der Waals surface area (Å²) in [5, 5.41) is 9.24.